The average molecular weight is 241 g/mol. The van der Waals surface area contributed by atoms with Gasteiger partial charge in [-0.25, -0.2) is 0 Å². The first-order chi connectivity index (χ1) is 7.25. The molecule has 0 unspecified atom stereocenters. The Morgan fingerprint density at radius 2 is 1.94 bits per heavy atom. The van der Waals surface area contributed by atoms with Crippen molar-refractivity contribution in [1.29, 1.82) is 0 Å². The molecule has 1 aromatic heterocycles. The summed E-state index contributed by atoms with van der Waals surface area (Å²) in [5, 5.41) is 11.3. The summed E-state index contributed by atoms with van der Waals surface area (Å²) in [4.78, 5) is 14.5. The minimum absolute atomic E-state index is 0. The van der Waals surface area contributed by atoms with Crippen LogP contribution in [0.3, 0.4) is 0 Å². The van der Waals surface area contributed by atoms with Gasteiger partial charge in [-0.15, -0.1) is 0 Å². The summed E-state index contributed by atoms with van der Waals surface area (Å²) in [7, 11) is 0. The number of carbonyl (C=O) groups excluding carboxylic acids is 1. The standard InChI is InChI=1S/C11H9NO2S.Na/c13-11(14)8-6-10(12-7-8)15-9-4-2-1-3-5-9;/h1-7,12H,(H,13,14);/q;+1/p-1. The van der Waals surface area contributed by atoms with Crippen LogP contribution in [0.25, 0.3) is 0 Å². The Balaban J connectivity index is 0.00000128. The van der Waals surface area contributed by atoms with Crippen molar-refractivity contribution in [3.8, 4) is 0 Å². The number of hydrogen-bond acceptors (Lipinski definition) is 3. The number of aromatic amines is 1. The molecule has 0 amide bonds. The van der Waals surface area contributed by atoms with Crippen LogP contribution in [0.2, 0.25) is 0 Å². The van der Waals surface area contributed by atoms with E-state index < -0.39 is 5.97 Å². The summed E-state index contributed by atoms with van der Waals surface area (Å²) >= 11 is 1.48. The fourth-order valence-electron chi connectivity index (χ4n) is 1.17. The summed E-state index contributed by atoms with van der Waals surface area (Å²) in [6.45, 7) is 0. The van der Waals surface area contributed by atoms with Crippen molar-refractivity contribution < 1.29 is 39.5 Å². The van der Waals surface area contributed by atoms with E-state index in [0.717, 1.165) is 9.92 Å². The minimum atomic E-state index is -1.16. The van der Waals surface area contributed by atoms with Gasteiger partial charge in [0.15, 0.2) is 0 Å². The molecular formula is C11H8NNaO2S. The van der Waals surface area contributed by atoms with Gasteiger partial charge in [-0.05, 0) is 18.2 Å². The Morgan fingerprint density at radius 3 is 2.50 bits per heavy atom. The molecule has 1 heterocycles. The zero-order chi connectivity index (χ0) is 10.7. The quantitative estimate of drug-likeness (QED) is 0.668. The smallest absolute Gasteiger partial charge is 0.545 e. The molecule has 1 N–H and O–H groups in total. The molecule has 76 valence electrons. The van der Waals surface area contributed by atoms with E-state index in [9.17, 15) is 9.90 Å². The second-order valence-electron chi connectivity index (χ2n) is 2.96. The average Bonchev–Trinajstić information content (AvgIpc) is 2.68. The van der Waals surface area contributed by atoms with Crippen molar-refractivity contribution in [3.63, 3.8) is 0 Å². The number of carboxylic acid groups (broad SMARTS) is 1. The van der Waals surface area contributed by atoms with Crippen molar-refractivity contribution in [3.05, 3.63) is 48.2 Å². The van der Waals surface area contributed by atoms with Gasteiger partial charge in [0, 0.05) is 16.7 Å². The van der Waals surface area contributed by atoms with E-state index in [0.29, 0.717) is 0 Å². The van der Waals surface area contributed by atoms with E-state index in [1.54, 1.807) is 6.07 Å². The van der Waals surface area contributed by atoms with Crippen LogP contribution in [0.5, 0.6) is 0 Å². The Labute approximate surface area is 120 Å². The molecule has 2 rings (SSSR count). The van der Waals surface area contributed by atoms with E-state index in [-0.39, 0.29) is 35.1 Å². The number of H-pyrrole nitrogens is 1. The molecule has 16 heavy (non-hydrogen) atoms. The van der Waals surface area contributed by atoms with Crippen LogP contribution < -0.4 is 34.7 Å². The molecule has 5 heteroatoms. The van der Waals surface area contributed by atoms with Crippen molar-refractivity contribution in [2.45, 2.75) is 9.92 Å². The maximum Gasteiger partial charge on any atom is 1.00 e. The monoisotopic (exact) mass is 241 g/mol. The van der Waals surface area contributed by atoms with E-state index in [1.807, 2.05) is 30.3 Å². The second kappa shape index (κ2) is 6.15. The third-order valence-electron chi connectivity index (χ3n) is 1.86. The predicted molar refractivity (Wildman–Crippen MR) is 55.7 cm³/mol. The third kappa shape index (κ3) is 3.42. The van der Waals surface area contributed by atoms with Crippen LogP contribution in [0, 0.1) is 0 Å². The number of hydrogen-bond donors (Lipinski definition) is 1. The molecule has 0 bridgehead atoms. The molecule has 2 aromatic rings. The van der Waals surface area contributed by atoms with Gasteiger partial charge < -0.3 is 14.9 Å². The first kappa shape index (κ1) is 13.4. The van der Waals surface area contributed by atoms with Crippen LogP contribution >= 0.6 is 11.8 Å². The molecule has 3 nitrogen and oxygen atoms in total. The van der Waals surface area contributed by atoms with Crippen LogP contribution in [-0.4, -0.2) is 11.0 Å². The molecule has 0 aliphatic heterocycles. The Kier molecular flexibility index (Phi) is 5.15. The van der Waals surface area contributed by atoms with Crippen LogP contribution in [-0.2, 0) is 0 Å². The summed E-state index contributed by atoms with van der Waals surface area (Å²) < 4.78 is 0. The zero-order valence-electron chi connectivity index (χ0n) is 8.77. The van der Waals surface area contributed by atoms with Crippen LogP contribution in [0.4, 0.5) is 0 Å². The van der Waals surface area contributed by atoms with Crippen molar-refractivity contribution in [1.82, 2.24) is 4.98 Å². The van der Waals surface area contributed by atoms with Gasteiger partial charge in [0.05, 0.1) is 11.0 Å². The van der Waals surface area contributed by atoms with Crippen LogP contribution in [0.1, 0.15) is 10.4 Å². The molecule has 0 spiro atoms. The number of carbonyl (C=O) groups is 1. The van der Waals surface area contributed by atoms with Crippen LogP contribution in [0.15, 0.2) is 52.5 Å². The SMILES string of the molecule is O=C([O-])c1c[nH]c(Sc2ccccc2)c1.[Na+]. The fourth-order valence-corrected chi connectivity index (χ4v) is 2.02. The van der Waals surface area contributed by atoms with Gasteiger partial charge in [0.25, 0.3) is 0 Å². The van der Waals surface area contributed by atoms with Gasteiger partial charge in [0.1, 0.15) is 0 Å². The van der Waals surface area contributed by atoms with E-state index >= 15 is 0 Å². The van der Waals surface area contributed by atoms with E-state index in [4.69, 9.17) is 0 Å². The Morgan fingerprint density at radius 1 is 1.25 bits per heavy atom. The number of benzene rings is 1. The summed E-state index contributed by atoms with van der Waals surface area (Å²) in [5.41, 5.74) is 0.174. The maximum absolute atomic E-state index is 10.5. The molecule has 1 aromatic carbocycles. The number of aromatic nitrogens is 1. The normalized spacial score (nSPS) is 9.50. The molecule has 0 radical (unpaired) electrons. The summed E-state index contributed by atoms with van der Waals surface area (Å²) in [6, 6.07) is 11.3. The third-order valence-corrected chi connectivity index (χ3v) is 2.83. The maximum atomic E-state index is 10.5. The van der Waals surface area contributed by atoms with E-state index in [1.165, 1.54) is 18.0 Å². The molecular weight excluding hydrogens is 233 g/mol. The Bertz CT molecular complexity index is 470. The molecule has 0 aliphatic carbocycles. The second-order valence-corrected chi connectivity index (χ2v) is 4.07. The molecule has 0 fully saturated rings. The molecule has 0 aliphatic rings. The first-order valence-corrected chi connectivity index (χ1v) is 5.20. The molecule has 0 saturated heterocycles. The van der Waals surface area contributed by atoms with Gasteiger partial charge in [-0.1, -0.05) is 30.0 Å². The van der Waals surface area contributed by atoms with Crippen molar-refractivity contribution in [2.75, 3.05) is 0 Å². The first-order valence-electron chi connectivity index (χ1n) is 4.38. The minimum Gasteiger partial charge on any atom is -0.545 e. The van der Waals surface area contributed by atoms with Gasteiger partial charge >= 0.3 is 29.6 Å². The van der Waals surface area contributed by atoms with Gasteiger partial charge in [0.2, 0.25) is 0 Å². The molecule has 0 saturated carbocycles. The molecule has 0 atom stereocenters. The van der Waals surface area contributed by atoms with Gasteiger partial charge in [-0.3, -0.25) is 0 Å². The number of rotatable bonds is 3. The van der Waals surface area contributed by atoms with Crippen molar-refractivity contribution in [2.24, 2.45) is 0 Å². The summed E-state index contributed by atoms with van der Waals surface area (Å²) in [6.07, 6.45) is 1.43. The Hall–Kier alpha value is -0.680. The van der Waals surface area contributed by atoms with Gasteiger partial charge in [-0.2, -0.15) is 0 Å². The summed E-state index contributed by atoms with van der Waals surface area (Å²) in [5.74, 6) is -1.16. The number of carboxylic acids is 1. The van der Waals surface area contributed by atoms with Crippen molar-refractivity contribution >= 4 is 17.7 Å². The number of nitrogens with one attached hydrogen (secondary N) is 1. The predicted octanol–water partition coefficient (Wildman–Crippen LogP) is -1.47. The number of aromatic carboxylic acids is 1. The topological polar surface area (TPSA) is 55.9 Å². The zero-order valence-corrected chi connectivity index (χ0v) is 11.6. The fraction of sp³-hybridized carbons (Fsp3) is 0. The largest absolute Gasteiger partial charge is 1.00 e. The van der Waals surface area contributed by atoms with E-state index in [2.05, 4.69) is 4.98 Å².